The number of H-pyrrole nitrogens is 1. The van der Waals surface area contributed by atoms with Gasteiger partial charge in [0.1, 0.15) is 11.6 Å². The zero-order valence-electron chi connectivity index (χ0n) is 15.6. The summed E-state index contributed by atoms with van der Waals surface area (Å²) in [5.74, 6) is -1.44. The van der Waals surface area contributed by atoms with E-state index in [1.807, 2.05) is 18.7 Å². The number of carbonyl (C=O) groups is 1. The number of carbonyl (C=O) groups excluding carboxylic acids is 1. The molecule has 0 unspecified atom stereocenters. The molecular weight excluding hydrogens is 364 g/mol. The summed E-state index contributed by atoms with van der Waals surface area (Å²) in [6.07, 6.45) is 1.51. The first-order valence-corrected chi connectivity index (χ1v) is 9.18. The maximum absolute atomic E-state index is 14.2. The molecule has 1 fully saturated rings. The van der Waals surface area contributed by atoms with E-state index in [-0.39, 0.29) is 23.2 Å². The number of fused-ring (bicyclic) bond motifs is 1. The Balaban J connectivity index is 1.61. The lowest BCUT2D eigenvalue weighted by molar-refractivity contribution is -0.00523. The van der Waals surface area contributed by atoms with E-state index >= 15 is 0 Å². The summed E-state index contributed by atoms with van der Waals surface area (Å²) in [6.45, 7) is 5.20. The molecule has 2 aromatic carbocycles. The average molecular weight is 385 g/mol. The van der Waals surface area contributed by atoms with Crippen molar-refractivity contribution in [3.05, 3.63) is 59.8 Å². The molecule has 3 aromatic rings. The number of aromatic amines is 1. The van der Waals surface area contributed by atoms with E-state index in [2.05, 4.69) is 10.3 Å². The van der Waals surface area contributed by atoms with E-state index in [0.29, 0.717) is 30.0 Å². The van der Waals surface area contributed by atoms with Crippen LogP contribution in [0.5, 0.6) is 0 Å². The van der Waals surface area contributed by atoms with E-state index in [1.54, 1.807) is 18.2 Å². The van der Waals surface area contributed by atoms with Gasteiger partial charge in [-0.05, 0) is 44.2 Å². The van der Waals surface area contributed by atoms with Crippen LogP contribution in [0.15, 0.2) is 42.6 Å². The maximum Gasteiger partial charge on any atom is 0.257 e. The Labute approximate surface area is 161 Å². The molecule has 2 N–H and O–H groups in total. The molecule has 0 saturated carbocycles. The molecule has 1 aromatic heterocycles. The number of halogens is 2. The SMILES string of the molecule is C[C@@H]1CN(c2cc(F)cc(NC(=O)c3c[nH]c4cccc(F)c34)c2)C[C@H](C)O1. The van der Waals surface area contributed by atoms with Crippen LogP contribution in [0.3, 0.4) is 0 Å². The highest BCUT2D eigenvalue weighted by molar-refractivity contribution is 6.13. The first kappa shape index (κ1) is 18.4. The minimum Gasteiger partial charge on any atom is -0.372 e. The van der Waals surface area contributed by atoms with E-state index in [0.717, 1.165) is 0 Å². The highest BCUT2D eigenvalue weighted by Crippen LogP contribution is 2.27. The molecule has 2 heterocycles. The summed E-state index contributed by atoms with van der Waals surface area (Å²) in [4.78, 5) is 17.6. The third-order valence-electron chi connectivity index (χ3n) is 4.82. The van der Waals surface area contributed by atoms with Crippen LogP contribution in [0.25, 0.3) is 10.9 Å². The summed E-state index contributed by atoms with van der Waals surface area (Å²) in [6, 6.07) is 8.96. The molecule has 0 aliphatic carbocycles. The number of anilines is 2. The van der Waals surface area contributed by atoms with Gasteiger partial charge in [0.2, 0.25) is 0 Å². The highest BCUT2D eigenvalue weighted by atomic mass is 19.1. The number of hydrogen-bond donors (Lipinski definition) is 2. The van der Waals surface area contributed by atoms with Crippen molar-refractivity contribution in [3.63, 3.8) is 0 Å². The predicted molar refractivity (Wildman–Crippen MR) is 105 cm³/mol. The van der Waals surface area contributed by atoms with Crippen LogP contribution in [-0.4, -0.2) is 36.2 Å². The van der Waals surface area contributed by atoms with Gasteiger partial charge in [-0.1, -0.05) is 6.07 Å². The minimum absolute atomic E-state index is 0.0271. The molecule has 28 heavy (non-hydrogen) atoms. The lowest BCUT2D eigenvalue weighted by Crippen LogP contribution is -2.45. The van der Waals surface area contributed by atoms with Gasteiger partial charge in [-0.15, -0.1) is 0 Å². The van der Waals surface area contributed by atoms with Gasteiger partial charge in [0.25, 0.3) is 5.91 Å². The Hall–Kier alpha value is -2.93. The number of nitrogens with zero attached hydrogens (tertiary/aromatic N) is 1. The maximum atomic E-state index is 14.2. The zero-order valence-corrected chi connectivity index (χ0v) is 15.6. The first-order chi connectivity index (χ1) is 13.4. The molecule has 1 aliphatic heterocycles. The molecule has 1 saturated heterocycles. The van der Waals surface area contributed by atoms with Gasteiger partial charge in [0.05, 0.1) is 17.8 Å². The Morgan fingerprint density at radius 1 is 1.18 bits per heavy atom. The van der Waals surface area contributed by atoms with Crippen molar-refractivity contribution >= 4 is 28.2 Å². The normalized spacial score (nSPS) is 19.8. The number of rotatable bonds is 3. The summed E-state index contributed by atoms with van der Waals surface area (Å²) in [5.41, 5.74) is 1.69. The number of ether oxygens (including phenoxy) is 1. The van der Waals surface area contributed by atoms with Gasteiger partial charge in [0.15, 0.2) is 0 Å². The molecule has 5 nitrogen and oxygen atoms in total. The second kappa shape index (κ2) is 7.24. The number of amides is 1. The van der Waals surface area contributed by atoms with Crippen molar-refractivity contribution in [2.24, 2.45) is 0 Å². The van der Waals surface area contributed by atoms with Gasteiger partial charge in [-0.25, -0.2) is 8.78 Å². The van der Waals surface area contributed by atoms with Gasteiger partial charge in [-0.2, -0.15) is 0 Å². The molecule has 2 atom stereocenters. The van der Waals surface area contributed by atoms with Crippen LogP contribution in [0, 0.1) is 11.6 Å². The van der Waals surface area contributed by atoms with E-state index in [4.69, 9.17) is 4.74 Å². The fourth-order valence-electron chi connectivity index (χ4n) is 3.74. The van der Waals surface area contributed by atoms with Crippen molar-refractivity contribution in [1.82, 2.24) is 4.98 Å². The Kier molecular flexibility index (Phi) is 4.77. The van der Waals surface area contributed by atoms with Crippen molar-refractivity contribution < 1.29 is 18.3 Å². The summed E-state index contributed by atoms with van der Waals surface area (Å²) in [5, 5.41) is 2.90. The van der Waals surface area contributed by atoms with Crippen molar-refractivity contribution in [2.45, 2.75) is 26.1 Å². The fourth-order valence-corrected chi connectivity index (χ4v) is 3.74. The molecule has 0 radical (unpaired) electrons. The quantitative estimate of drug-likeness (QED) is 0.706. The van der Waals surface area contributed by atoms with E-state index < -0.39 is 17.5 Å². The van der Waals surface area contributed by atoms with Crippen molar-refractivity contribution in [1.29, 1.82) is 0 Å². The number of hydrogen-bond acceptors (Lipinski definition) is 3. The number of nitrogens with one attached hydrogen (secondary N) is 2. The molecule has 4 rings (SSSR count). The third kappa shape index (κ3) is 3.57. The molecule has 0 spiro atoms. The van der Waals surface area contributed by atoms with Crippen LogP contribution in [0.4, 0.5) is 20.2 Å². The summed E-state index contributed by atoms with van der Waals surface area (Å²) >= 11 is 0. The molecule has 0 bridgehead atoms. The smallest absolute Gasteiger partial charge is 0.257 e. The summed E-state index contributed by atoms with van der Waals surface area (Å²) < 4.78 is 34.1. The number of benzene rings is 2. The van der Waals surface area contributed by atoms with Gasteiger partial charge in [0, 0.05) is 41.6 Å². The van der Waals surface area contributed by atoms with Crippen LogP contribution >= 0.6 is 0 Å². The molecule has 1 amide bonds. The van der Waals surface area contributed by atoms with Crippen LogP contribution in [0.2, 0.25) is 0 Å². The predicted octanol–water partition coefficient (Wildman–Crippen LogP) is 4.31. The standard InChI is InChI=1S/C21H21F2N3O2/c1-12-10-26(11-13(2)28-12)16-7-14(22)6-15(8-16)25-21(27)17-9-24-19-5-3-4-18(23)20(17)19/h3-9,12-13,24H,10-11H2,1-2H3,(H,25,27)/t12-,13+. The van der Waals surface area contributed by atoms with Crippen LogP contribution < -0.4 is 10.2 Å². The Bertz CT molecular complexity index is 1020. The van der Waals surface area contributed by atoms with Gasteiger partial charge >= 0.3 is 0 Å². The Morgan fingerprint density at radius 2 is 1.93 bits per heavy atom. The largest absolute Gasteiger partial charge is 0.372 e. The van der Waals surface area contributed by atoms with E-state index in [1.165, 1.54) is 24.4 Å². The number of aromatic nitrogens is 1. The second-order valence-electron chi connectivity index (χ2n) is 7.18. The monoisotopic (exact) mass is 385 g/mol. The molecule has 146 valence electrons. The highest BCUT2D eigenvalue weighted by Gasteiger charge is 2.23. The number of morpholine rings is 1. The van der Waals surface area contributed by atoms with Crippen molar-refractivity contribution in [3.8, 4) is 0 Å². The second-order valence-corrected chi connectivity index (χ2v) is 7.18. The fraction of sp³-hybridized carbons (Fsp3) is 0.286. The molecule has 7 heteroatoms. The Morgan fingerprint density at radius 3 is 2.68 bits per heavy atom. The average Bonchev–Trinajstić information content (AvgIpc) is 3.06. The van der Waals surface area contributed by atoms with Crippen molar-refractivity contribution in [2.75, 3.05) is 23.3 Å². The zero-order chi connectivity index (χ0) is 19.8. The van der Waals surface area contributed by atoms with E-state index in [9.17, 15) is 13.6 Å². The lowest BCUT2D eigenvalue weighted by atomic mass is 10.1. The summed E-state index contributed by atoms with van der Waals surface area (Å²) in [7, 11) is 0. The molecular formula is C21H21F2N3O2. The minimum atomic E-state index is -0.503. The van der Waals surface area contributed by atoms with Crippen LogP contribution in [0.1, 0.15) is 24.2 Å². The lowest BCUT2D eigenvalue weighted by Gasteiger charge is -2.37. The van der Waals surface area contributed by atoms with Gasteiger partial charge in [-0.3, -0.25) is 4.79 Å². The molecule has 1 aliphatic rings. The third-order valence-corrected chi connectivity index (χ3v) is 4.82. The topological polar surface area (TPSA) is 57.4 Å². The first-order valence-electron chi connectivity index (χ1n) is 9.18. The van der Waals surface area contributed by atoms with Gasteiger partial charge < -0.3 is 19.9 Å². The van der Waals surface area contributed by atoms with Crippen LogP contribution in [-0.2, 0) is 4.74 Å².